The largest absolute Gasteiger partial charge is 2.00 e. The van der Waals surface area contributed by atoms with Gasteiger partial charge in [-0.2, -0.15) is 0 Å². The van der Waals surface area contributed by atoms with Gasteiger partial charge in [-0.05, 0) is 55.4 Å². The number of aliphatic hydroxyl groups excluding tert-OH is 5. The average Bonchev–Trinajstić information content (AvgIpc) is 2.11. The molecular formula is C16H44CaNO9TiW-. The molecule has 0 aliphatic heterocycles. The summed E-state index contributed by atoms with van der Waals surface area (Å²) in [7, 11) is 0. The average molecular weight is 666 g/mol. The van der Waals surface area contributed by atoms with E-state index in [0.717, 1.165) is 6.92 Å². The van der Waals surface area contributed by atoms with E-state index in [0.29, 0.717) is 6.47 Å². The molecule has 0 aromatic heterocycles. The molecule has 0 aromatic carbocycles. The summed E-state index contributed by atoms with van der Waals surface area (Å²) in [5.74, 6) is -0.833. The topological polar surface area (TPSA) is 221 Å². The molecule has 29 heavy (non-hydrogen) atoms. The van der Waals surface area contributed by atoms with Crippen LogP contribution in [-0.4, -0.2) is 111 Å². The van der Waals surface area contributed by atoms with Gasteiger partial charge in [0.2, 0.25) is 0 Å². The second kappa shape index (κ2) is 78.4. The fourth-order valence-electron chi connectivity index (χ4n) is 0. The molecule has 0 unspecified atom stereocenters. The van der Waals surface area contributed by atoms with Crippen molar-refractivity contribution in [2.24, 2.45) is 0 Å². The quantitative estimate of drug-likeness (QED) is 0.145. The summed E-state index contributed by atoms with van der Waals surface area (Å²) in [6.07, 6.45) is -0.667. The summed E-state index contributed by atoms with van der Waals surface area (Å²) in [4.78, 5) is 17.2. The van der Waals surface area contributed by atoms with Crippen LogP contribution in [0.1, 0.15) is 62.3 Å². The molecule has 0 saturated heterocycles. The number of carboxylic acid groups (broad SMARTS) is 1. The minimum absolute atomic E-state index is 0. The Morgan fingerprint density at radius 2 is 0.759 bits per heavy atom. The first kappa shape index (κ1) is 77.6. The summed E-state index contributed by atoms with van der Waals surface area (Å²) >= 11 is 0. The first-order valence-corrected chi connectivity index (χ1v) is 7.01. The van der Waals surface area contributed by atoms with Gasteiger partial charge in [-0.1, -0.05) is 6.47 Å². The van der Waals surface area contributed by atoms with E-state index >= 15 is 0 Å². The summed E-state index contributed by atoms with van der Waals surface area (Å²) in [5.41, 5.74) is 0. The van der Waals surface area contributed by atoms with Crippen molar-refractivity contribution < 1.29 is 88.5 Å². The fourth-order valence-corrected chi connectivity index (χ4v) is 0. The Morgan fingerprint density at radius 3 is 0.759 bits per heavy atom. The minimum Gasteiger partial charge on any atom is -0.870 e. The van der Waals surface area contributed by atoms with Crippen molar-refractivity contribution in [2.75, 3.05) is 0 Å². The summed E-state index contributed by atoms with van der Waals surface area (Å²) in [6, 6.07) is 0. The third-order valence-corrected chi connectivity index (χ3v) is 0. The second-order valence-electron chi connectivity index (χ2n) is 4.99. The van der Waals surface area contributed by atoms with E-state index in [1.54, 1.807) is 55.4 Å². The number of aliphatic carboxylic acids is 1. The van der Waals surface area contributed by atoms with Crippen molar-refractivity contribution in [1.82, 2.24) is 6.15 Å². The van der Waals surface area contributed by atoms with Crippen LogP contribution in [0.2, 0.25) is 0 Å². The predicted molar refractivity (Wildman–Crippen MR) is 110 cm³/mol. The van der Waals surface area contributed by atoms with Crippen LogP contribution in [0.15, 0.2) is 0 Å². The van der Waals surface area contributed by atoms with Crippen molar-refractivity contribution in [3.05, 3.63) is 7.43 Å². The van der Waals surface area contributed by atoms with Crippen LogP contribution in [0.25, 0.3) is 0 Å². The molecule has 0 atom stereocenters. The first-order valence-electron chi connectivity index (χ1n) is 7.01. The first-order chi connectivity index (χ1) is 10.1. The van der Waals surface area contributed by atoms with Gasteiger partial charge in [-0.25, -0.2) is 0 Å². The number of rotatable bonds is 0. The molecule has 10 nitrogen and oxygen atoms in total. The molecular weight excluding hydrogens is 622 g/mol. The maximum absolute atomic E-state index is 9.00. The van der Waals surface area contributed by atoms with Gasteiger partial charge in [-0.3, -0.25) is 4.79 Å². The Hall–Kier alpha value is 1.36. The molecule has 0 saturated carbocycles. The van der Waals surface area contributed by atoms with Gasteiger partial charge in [0.05, 0.1) is 0 Å². The standard InChI is InChI=1S/4C3H8O.C2H4O2.CHO2.CH3.Ca.H3N.H2O.Ti.W/c4*1-3(2)4;1-2(3)4;2-1-3;;;;;;/h4*3-4H,1-2H3;1H3,(H,3,4);(H,2,3);1H3;;1H3;1H2;;/q;;;;;2*-1;+2;;;;/p-1. The zero-order valence-electron chi connectivity index (χ0n) is 19.6. The molecule has 13 heteroatoms. The maximum atomic E-state index is 9.00. The van der Waals surface area contributed by atoms with Crippen LogP contribution in [-0.2, 0) is 52.4 Å². The molecule has 0 spiro atoms. The molecule has 0 aliphatic carbocycles. The van der Waals surface area contributed by atoms with E-state index in [4.69, 9.17) is 40.2 Å². The van der Waals surface area contributed by atoms with Crippen molar-refractivity contribution in [2.45, 2.75) is 86.7 Å². The molecule has 0 rings (SSSR count). The van der Waals surface area contributed by atoms with Crippen LogP contribution < -0.4 is 6.15 Å². The number of carbonyl (C=O) groups is 1. The number of carboxylic acids is 1. The Morgan fingerprint density at radius 1 is 0.759 bits per heavy atom. The normalized spacial score (nSPS) is 6.24. The van der Waals surface area contributed by atoms with E-state index in [9.17, 15) is 0 Å². The minimum atomic E-state index is -0.833. The molecule has 10 N–H and O–H groups in total. The van der Waals surface area contributed by atoms with Gasteiger partial charge in [0, 0.05) is 74.1 Å². The van der Waals surface area contributed by atoms with E-state index in [1.165, 1.54) is 0 Å². The molecule has 0 aliphatic rings. The maximum Gasteiger partial charge on any atom is 2.00 e. The van der Waals surface area contributed by atoms with Crippen molar-refractivity contribution in [3.8, 4) is 0 Å². The zero-order valence-corrected chi connectivity index (χ0v) is 26.3. The molecule has 0 heterocycles. The van der Waals surface area contributed by atoms with E-state index in [-0.39, 0.29) is 124 Å². The third-order valence-electron chi connectivity index (χ3n) is 0. The molecule has 180 valence electrons. The zero-order chi connectivity index (χ0) is 20.6. The molecule has 0 aromatic rings. The van der Waals surface area contributed by atoms with Crippen molar-refractivity contribution >= 4 is 50.2 Å². The van der Waals surface area contributed by atoms with E-state index < -0.39 is 5.97 Å². The Balaban J connectivity index is -0.0000000115. The second-order valence-corrected chi connectivity index (χ2v) is 4.99. The summed E-state index contributed by atoms with van der Waals surface area (Å²) < 4.78 is 0. The fraction of sp³-hybridized carbons (Fsp3) is 0.812. The monoisotopic (exact) mass is 666 g/mol. The van der Waals surface area contributed by atoms with Crippen LogP contribution in [0, 0.1) is 7.43 Å². The van der Waals surface area contributed by atoms with Gasteiger partial charge >= 0.3 is 37.7 Å². The van der Waals surface area contributed by atoms with Crippen LogP contribution in [0.3, 0.4) is 0 Å². The van der Waals surface area contributed by atoms with Gasteiger partial charge in [0.1, 0.15) is 0 Å². The number of hydrogen-bond acceptors (Lipinski definition) is 8. The Bertz CT molecular complexity index is 180. The smallest absolute Gasteiger partial charge is 0.870 e. The Kier molecular flexibility index (Phi) is 210. The molecule has 0 radical (unpaired) electrons. The van der Waals surface area contributed by atoms with Crippen LogP contribution >= 0.6 is 0 Å². The number of aliphatic hydroxyl groups is 4. The van der Waals surface area contributed by atoms with Gasteiger partial charge in [-0.15, -0.1) is 0 Å². The predicted octanol–water partition coefficient (Wildman–Crippen LogP) is 1.30. The van der Waals surface area contributed by atoms with Gasteiger partial charge in [0.25, 0.3) is 5.97 Å². The summed E-state index contributed by atoms with van der Waals surface area (Å²) in [5, 5.41) is 46.4. The Labute approximate surface area is 236 Å². The summed E-state index contributed by atoms with van der Waals surface area (Å²) in [6.45, 7) is 15.4. The van der Waals surface area contributed by atoms with Crippen LogP contribution in [0.5, 0.6) is 0 Å². The van der Waals surface area contributed by atoms with E-state index in [1.807, 2.05) is 0 Å². The SMILES string of the molecule is CC(=O)O.CC(C)O.CC(C)O.CC(C)O.CC(C)O.N.O=[C-]O.[CH3-].[Ca+2].[OH-].[Ti].[W]. The van der Waals surface area contributed by atoms with Crippen LogP contribution in [0.4, 0.5) is 0 Å². The molecule has 0 amide bonds. The van der Waals surface area contributed by atoms with Crippen molar-refractivity contribution in [1.29, 1.82) is 0 Å². The third kappa shape index (κ3) is 11800. The molecule has 0 bridgehead atoms. The van der Waals surface area contributed by atoms with Crippen molar-refractivity contribution in [3.63, 3.8) is 0 Å². The van der Waals surface area contributed by atoms with Gasteiger partial charge < -0.3 is 54.5 Å². The van der Waals surface area contributed by atoms with E-state index in [2.05, 4.69) is 0 Å². The van der Waals surface area contributed by atoms with Gasteiger partial charge in [0.15, 0.2) is 0 Å². The molecule has 0 fully saturated rings. The number of hydrogen-bond donors (Lipinski definition) is 7.